The highest BCUT2D eigenvalue weighted by Crippen LogP contribution is 2.24. The number of carbonyl (C=O) groups is 1. The van der Waals surface area contributed by atoms with E-state index in [0.29, 0.717) is 43.4 Å². The number of benzene rings is 2. The molecule has 2 aromatic carbocycles. The summed E-state index contributed by atoms with van der Waals surface area (Å²) in [7, 11) is 1.69. The van der Waals surface area contributed by atoms with Crippen LogP contribution in [0.4, 0.5) is 14.5 Å². The van der Waals surface area contributed by atoms with Crippen molar-refractivity contribution in [1.29, 1.82) is 0 Å². The van der Waals surface area contributed by atoms with Gasteiger partial charge in [-0.3, -0.25) is 9.79 Å². The van der Waals surface area contributed by atoms with E-state index in [1.807, 2.05) is 23.1 Å². The lowest BCUT2D eigenvalue weighted by Crippen LogP contribution is -2.45. The first kappa shape index (κ1) is 21.5. The van der Waals surface area contributed by atoms with Crippen molar-refractivity contribution >= 4 is 17.6 Å². The normalized spacial score (nSPS) is 16.4. The molecular weight excluding hydrogens is 388 g/mol. The number of halogens is 2. The van der Waals surface area contributed by atoms with Gasteiger partial charge in [0.15, 0.2) is 5.96 Å². The minimum atomic E-state index is -0.574. The van der Waals surface area contributed by atoms with E-state index in [0.717, 1.165) is 18.9 Å². The zero-order chi connectivity index (χ0) is 21.3. The van der Waals surface area contributed by atoms with E-state index in [4.69, 9.17) is 0 Å². The molecule has 3 N–H and O–H groups in total. The zero-order valence-corrected chi connectivity index (χ0v) is 17.0. The van der Waals surface area contributed by atoms with Gasteiger partial charge in [-0.05, 0) is 37.1 Å². The summed E-state index contributed by atoms with van der Waals surface area (Å²) in [6, 6.07) is 12.9. The minimum Gasteiger partial charge on any atom is -0.367 e. The van der Waals surface area contributed by atoms with Gasteiger partial charge in [-0.2, -0.15) is 0 Å². The summed E-state index contributed by atoms with van der Waals surface area (Å²) in [4.78, 5) is 18.1. The Kier molecular flexibility index (Phi) is 7.59. The molecule has 8 heteroatoms. The average molecular weight is 415 g/mol. The SMILES string of the molecule is CN=C(NCCCNC(=O)c1ccccc1)NC1CCN(c2ccc(F)cc2F)C1. The van der Waals surface area contributed by atoms with Crippen LogP contribution in [0.25, 0.3) is 0 Å². The van der Waals surface area contributed by atoms with E-state index < -0.39 is 11.6 Å². The summed E-state index contributed by atoms with van der Waals surface area (Å²) in [5.41, 5.74) is 1.06. The lowest BCUT2D eigenvalue weighted by molar-refractivity contribution is 0.0953. The fraction of sp³-hybridized carbons (Fsp3) is 0.364. The molecule has 0 aliphatic carbocycles. The summed E-state index contributed by atoms with van der Waals surface area (Å²) in [6.45, 7) is 2.50. The molecular formula is C22H27F2N5O. The van der Waals surface area contributed by atoms with E-state index in [1.54, 1.807) is 19.2 Å². The van der Waals surface area contributed by atoms with Crippen LogP contribution >= 0.6 is 0 Å². The third-order valence-corrected chi connectivity index (χ3v) is 4.97. The van der Waals surface area contributed by atoms with Crippen molar-refractivity contribution in [3.05, 3.63) is 65.7 Å². The van der Waals surface area contributed by atoms with E-state index in [1.165, 1.54) is 12.1 Å². The second-order valence-corrected chi connectivity index (χ2v) is 7.15. The van der Waals surface area contributed by atoms with Gasteiger partial charge in [0.05, 0.1) is 5.69 Å². The number of hydrogen-bond donors (Lipinski definition) is 3. The van der Waals surface area contributed by atoms with E-state index in [2.05, 4.69) is 20.9 Å². The van der Waals surface area contributed by atoms with Crippen LogP contribution in [-0.2, 0) is 0 Å². The Morgan fingerprint density at radius 1 is 1.13 bits per heavy atom. The topological polar surface area (TPSA) is 68.8 Å². The molecule has 160 valence electrons. The van der Waals surface area contributed by atoms with Crippen molar-refractivity contribution in [1.82, 2.24) is 16.0 Å². The maximum absolute atomic E-state index is 14.0. The van der Waals surface area contributed by atoms with Crippen molar-refractivity contribution < 1.29 is 13.6 Å². The Hall–Kier alpha value is -3.16. The first-order chi connectivity index (χ1) is 14.6. The highest BCUT2D eigenvalue weighted by molar-refractivity contribution is 5.94. The maximum Gasteiger partial charge on any atom is 0.251 e. The fourth-order valence-corrected chi connectivity index (χ4v) is 3.41. The predicted molar refractivity (Wildman–Crippen MR) is 115 cm³/mol. The molecule has 3 rings (SSSR count). The summed E-state index contributed by atoms with van der Waals surface area (Å²) in [5, 5.41) is 9.45. The fourth-order valence-electron chi connectivity index (χ4n) is 3.41. The second kappa shape index (κ2) is 10.6. The number of rotatable bonds is 7. The number of anilines is 1. The van der Waals surface area contributed by atoms with Crippen molar-refractivity contribution in [2.75, 3.05) is 38.1 Å². The van der Waals surface area contributed by atoms with Gasteiger partial charge in [-0.1, -0.05) is 18.2 Å². The number of aliphatic imine (C=N–C) groups is 1. The standard InChI is InChI=1S/C22H27F2N5O/c1-25-22(27-12-5-11-26-21(30)16-6-3-2-4-7-16)28-18-10-13-29(15-18)20-9-8-17(23)14-19(20)24/h2-4,6-9,14,18H,5,10-13,15H2,1H3,(H,26,30)(H2,25,27,28). The first-order valence-corrected chi connectivity index (χ1v) is 10.1. The molecule has 0 radical (unpaired) electrons. The van der Waals surface area contributed by atoms with Gasteiger partial charge in [0.25, 0.3) is 5.91 Å². The minimum absolute atomic E-state index is 0.0859. The molecule has 1 saturated heterocycles. The molecule has 1 fully saturated rings. The number of hydrogen-bond acceptors (Lipinski definition) is 3. The largest absolute Gasteiger partial charge is 0.367 e. The molecule has 0 bridgehead atoms. The molecule has 1 heterocycles. The average Bonchev–Trinajstić information content (AvgIpc) is 3.21. The smallest absolute Gasteiger partial charge is 0.251 e. The van der Waals surface area contributed by atoms with E-state index in [-0.39, 0.29) is 11.9 Å². The highest BCUT2D eigenvalue weighted by atomic mass is 19.1. The Morgan fingerprint density at radius 3 is 2.63 bits per heavy atom. The van der Waals surface area contributed by atoms with Crippen molar-refractivity contribution in [2.24, 2.45) is 4.99 Å². The van der Waals surface area contributed by atoms with Crippen LogP contribution < -0.4 is 20.9 Å². The van der Waals surface area contributed by atoms with Crippen LogP contribution in [-0.4, -0.2) is 51.1 Å². The van der Waals surface area contributed by atoms with Crippen molar-refractivity contribution in [3.8, 4) is 0 Å². The molecule has 2 aromatic rings. The molecule has 30 heavy (non-hydrogen) atoms. The van der Waals surface area contributed by atoms with Crippen LogP contribution in [0.15, 0.2) is 53.5 Å². The quantitative estimate of drug-likeness (QED) is 0.369. The van der Waals surface area contributed by atoms with Gasteiger partial charge in [0.1, 0.15) is 11.6 Å². The van der Waals surface area contributed by atoms with Crippen LogP contribution in [0.5, 0.6) is 0 Å². The summed E-state index contributed by atoms with van der Waals surface area (Å²) in [6.07, 6.45) is 1.57. The Balaban J connectivity index is 1.37. The predicted octanol–water partition coefficient (Wildman–Crippen LogP) is 2.53. The first-order valence-electron chi connectivity index (χ1n) is 10.1. The van der Waals surface area contributed by atoms with Crippen LogP contribution in [0.3, 0.4) is 0 Å². The number of nitrogens with zero attached hydrogens (tertiary/aromatic N) is 2. The number of amides is 1. The molecule has 6 nitrogen and oxygen atoms in total. The van der Waals surface area contributed by atoms with Crippen LogP contribution in [0, 0.1) is 11.6 Å². The summed E-state index contributed by atoms with van der Waals surface area (Å²) in [5.74, 6) is -0.543. The Bertz CT molecular complexity index is 875. The molecule has 1 aliphatic rings. The monoisotopic (exact) mass is 415 g/mol. The van der Waals surface area contributed by atoms with Crippen LogP contribution in [0.2, 0.25) is 0 Å². The molecule has 0 spiro atoms. The van der Waals surface area contributed by atoms with Gasteiger partial charge in [0, 0.05) is 50.9 Å². The highest BCUT2D eigenvalue weighted by Gasteiger charge is 2.25. The summed E-state index contributed by atoms with van der Waals surface area (Å²) >= 11 is 0. The second-order valence-electron chi connectivity index (χ2n) is 7.15. The maximum atomic E-state index is 14.0. The molecule has 0 saturated carbocycles. The molecule has 1 atom stereocenters. The van der Waals surface area contributed by atoms with E-state index >= 15 is 0 Å². The summed E-state index contributed by atoms with van der Waals surface area (Å²) < 4.78 is 27.1. The third-order valence-electron chi connectivity index (χ3n) is 4.97. The van der Waals surface area contributed by atoms with Gasteiger partial charge < -0.3 is 20.9 Å². The van der Waals surface area contributed by atoms with Gasteiger partial charge in [-0.15, -0.1) is 0 Å². The Labute approximate surface area is 175 Å². The van der Waals surface area contributed by atoms with Crippen molar-refractivity contribution in [3.63, 3.8) is 0 Å². The number of guanidine groups is 1. The van der Waals surface area contributed by atoms with Gasteiger partial charge in [-0.25, -0.2) is 8.78 Å². The molecule has 1 aliphatic heterocycles. The lowest BCUT2D eigenvalue weighted by atomic mass is 10.2. The van der Waals surface area contributed by atoms with Crippen molar-refractivity contribution in [2.45, 2.75) is 18.9 Å². The van der Waals surface area contributed by atoms with Crippen LogP contribution in [0.1, 0.15) is 23.2 Å². The molecule has 0 aromatic heterocycles. The number of nitrogens with one attached hydrogen (secondary N) is 3. The molecule has 1 amide bonds. The molecule has 1 unspecified atom stereocenters. The lowest BCUT2D eigenvalue weighted by Gasteiger charge is -2.21. The third kappa shape index (κ3) is 5.92. The van der Waals surface area contributed by atoms with Gasteiger partial charge >= 0.3 is 0 Å². The Morgan fingerprint density at radius 2 is 1.90 bits per heavy atom. The zero-order valence-electron chi connectivity index (χ0n) is 17.0. The number of carbonyl (C=O) groups excluding carboxylic acids is 1. The van der Waals surface area contributed by atoms with E-state index in [9.17, 15) is 13.6 Å². The van der Waals surface area contributed by atoms with Gasteiger partial charge in [0.2, 0.25) is 0 Å².